The van der Waals surface area contributed by atoms with E-state index in [9.17, 15) is 9.18 Å². The van der Waals surface area contributed by atoms with Gasteiger partial charge in [0.1, 0.15) is 11.5 Å². The van der Waals surface area contributed by atoms with Gasteiger partial charge in [0.05, 0.1) is 6.04 Å². The van der Waals surface area contributed by atoms with Crippen LogP contribution in [0.3, 0.4) is 0 Å². The molecule has 1 aliphatic rings. The number of pyridine rings is 1. The molecule has 2 N–H and O–H groups in total. The number of benzene rings is 1. The van der Waals surface area contributed by atoms with Crippen LogP contribution in [0.2, 0.25) is 0 Å². The molecular weight excluding hydrogens is 357 g/mol. The molecule has 1 fully saturated rings. The minimum Gasteiger partial charge on any atom is -0.381 e. The number of H-pyrrole nitrogens is 1. The average molecular weight is 379 g/mol. The minimum absolute atomic E-state index is 0.123. The van der Waals surface area contributed by atoms with E-state index in [1.165, 1.54) is 12.1 Å². The monoisotopic (exact) mass is 379 g/mol. The van der Waals surface area contributed by atoms with Gasteiger partial charge in [0.2, 0.25) is 0 Å². The highest BCUT2D eigenvalue weighted by atomic mass is 19.1. The largest absolute Gasteiger partial charge is 0.381 e. The normalized spacial score (nSPS) is 15.9. The Morgan fingerprint density at radius 2 is 1.96 bits per heavy atom. The maximum absolute atomic E-state index is 13.1. The third kappa shape index (κ3) is 4.12. The van der Waals surface area contributed by atoms with Crippen LogP contribution in [0.15, 0.2) is 61.1 Å². The Balaban J connectivity index is 1.53. The van der Waals surface area contributed by atoms with Gasteiger partial charge in [-0.15, -0.1) is 0 Å². The first-order chi connectivity index (χ1) is 13.7. The maximum atomic E-state index is 13.1. The van der Waals surface area contributed by atoms with E-state index in [0.717, 1.165) is 29.5 Å². The summed E-state index contributed by atoms with van der Waals surface area (Å²) in [5, 5.41) is 3.17. The van der Waals surface area contributed by atoms with Crippen LogP contribution in [0.5, 0.6) is 0 Å². The molecule has 1 saturated heterocycles. The van der Waals surface area contributed by atoms with E-state index in [1.54, 1.807) is 36.8 Å². The number of nitrogens with one attached hydrogen (secondary N) is 2. The fraction of sp³-hybridized carbons (Fsp3) is 0.273. The highest BCUT2D eigenvalue weighted by Gasteiger charge is 2.27. The number of rotatable bonds is 5. The van der Waals surface area contributed by atoms with Crippen molar-refractivity contribution in [1.29, 1.82) is 0 Å². The lowest BCUT2D eigenvalue weighted by molar-refractivity contribution is 0.0513. The summed E-state index contributed by atoms with van der Waals surface area (Å²) in [5.74, 6) is -0.157. The van der Waals surface area contributed by atoms with Crippen LogP contribution in [0.1, 0.15) is 34.9 Å². The smallest absolute Gasteiger partial charge is 0.268 e. The van der Waals surface area contributed by atoms with E-state index in [-0.39, 0.29) is 17.8 Å². The molecule has 0 radical (unpaired) electrons. The van der Waals surface area contributed by atoms with Crippen LogP contribution in [0.4, 0.5) is 4.39 Å². The van der Waals surface area contributed by atoms with Gasteiger partial charge in [0.15, 0.2) is 0 Å². The Labute approximate surface area is 163 Å². The summed E-state index contributed by atoms with van der Waals surface area (Å²) >= 11 is 0. The fourth-order valence-corrected chi connectivity index (χ4v) is 3.64. The summed E-state index contributed by atoms with van der Waals surface area (Å²) in [7, 11) is 0. The summed E-state index contributed by atoms with van der Waals surface area (Å²) in [6.07, 6.45) is 7.08. The lowest BCUT2D eigenvalue weighted by Gasteiger charge is -2.31. The van der Waals surface area contributed by atoms with Crippen molar-refractivity contribution in [3.05, 3.63) is 78.1 Å². The van der Waals surface area contributed by atoms with Gasteiger partial charge in [-0.05, 0) is 59.7 Å². The zero-order chi connectivity index (χ0) is 19.3. The minimum atomic E-state index is -0.284. The summed E-state index contributed by atoms with van der Waals surface area (Å²) < 4.78 is 18.6. The highest BCUT2D eigenvalue weighted by molar-refractivity contribution is 5.94. The number of hydrogen-bond donors (Lipinski definition) is 2. The third-order valence-electron chi connectivity index (χ3n) is 5.17. The maximum Gasteiger partial charge on any atom is 0.268 e. The Kier molecular flexibility index (Phi) is 5.48. The lowest BCUT2D eigenvalue weighted by Crippen LogP contribution is -2.36. The van der Waals surface area contributed by atoms with Crippen molar-refractivity contribution in [1.82, 2.24) is 15.3 Å². The van der Waals surface area contributed by atoms with Gasteiger partial charge >= 0.3 is 0 Å². The first-order valence-electron chi connectivity index (χ1n) is 9.43. The predicted octanol–water partition coefficient (Wildman–Crippen LogP) is 4.11. The van der Waals surface area contributed by atoms with Crippen molar-refractivity contribution >= 4 is 5.91 Å². The number of nitrogens with zero attached hydrogens (tertiary/aromatic N) is 1. The second-order valence-corrected chi connectivity index (χ2v) is 7.00. The highest BCUT2D eigenvalue weighted by Crippen LogP contribution is 2.30. The number of aromatic nitrogens is 2. The van der Waals surface area contributed by atoms with Gasteiger partial charge < -0.3 is 15.0 Å². The number of carbonyl (C=O) groups excluding carboxylic acids is 1. The Bertz CT molecular complexity index is 918. The summed E-state index contributed by atoms with van der Waals surface area (Å²) in [5.41, 5.74) is 3.16. The van der Waals surface area contributed by atoms with Crippen LogP contribution in [-0.4, -0.2) is 29.1 Å². The molecule has 3 heterocycles. The topological polar surface area (TPSA) is 67.0 Å². The van der Waals surface area contributed by atoms with Crippen LogP contribution in [0.25, 0.3) is 11.1 Å². The van der Waals surface area contributed by atoms with E-state index in [4.69, 9.17) is 4.74 Å². The SMILES string of the molecule is O=C(NC(c1cccnc1)C1CCOCC1)c1cc(-c2ccc(F)cc2)c[nH]1. The zero-order valence-electron chi connectivity index (χ0n) is 15.4. The Morgan fingerprint density at radius 1 is 1.18 bits per heavy atom. The molecule has 1 atom stereocenters. The van der Waals surface area contributed by atoms with Crippen molar-refractivity contribution in [2.75, 3.05) is 13.2 Å². The fourth-order valence-electron chi connectivity index (χ4n) is 3.64. The molecule has 4 rings (SSSR count). The zero-order valence-corrected chi connectivity index (χ0v) is 15.4. The number of carbonyl (C=O) groups is 1. The summed E-state index contributed by atoms with van der Waals surface area (Å²) in [6.45, 7) is 1.41. The summed E-state index contributed by atoms with van der Waals surface area (Å²) in [6, 6.07) is 11.7. The van der Waals surface area contributed by atoms with Crippen molar-refractivity contribution in [2.24, 2.45) is 5.92 Å². The van der Waals surface area contributed by atoms with E-state index < -0.39 is 0 Å². The summed E-state index contributed by atoms with van der Waals surface area (Å²) in [4.78, 5) is 20.2. The standard InChI is InChI=1S/C22H22FN3O2/c23-19-5-3-15(4-6-19)18-12-20(25-14-18)22(27)26-21(16-7-10-28-11-8-16)17-2-1-9-24-13-17/h1-6,9,12-14,16,21,25H,7-8,10-11H2,(H,26,27). The van der Waals surface area contributed by atoms with E-state index in [0.29, 0.717) is 24.8 Å². The first-order valence-corrected chi connectivity index (χ1v) is 9.43. The average Bonchev–Trinajstić information content (AvgIpc) is 3.24. The predicted molar refractivity (Wildman–Crippen MR) is 104 cm³/mol. The lowest BCUT2D eigenvalue weighted by atomic mass is 9.87. The van der Waals surface area contributed by atoms with Crippen molar-refractivity contribution in [3.63, 3.8) is 0 Å². The van der Waals surface area contributed by atoms with Gasteiger partial charge in [-0.1, -0.05) is 18.2 Å². The van der Waals surface area contributed by atoms with E-state index in [1.807, 2.05) is 12.1 Å². The molecule has 0 saturated carbocycles. The van der Waals surface area contributed by atoms with Gasteiger partial charge in [-0.25, -0.2) is 4.39 Å². The van der Waals surface area contributed by atoms with Gasteiger partial charge in [0.25, 0.3) is 5.91 Å². The van der Waals surface area contributed by atoms with Crippen molar-refractivity contribution < 1.29 is 13.9 Å². The van der Waals surface area contributed by atoms with Crippen LogP contribution in [0, 0.1) is 11.7 Å². The molecule has 0 bridgehead atoms. The third-order valence-corrected chi connectivity index (χ3v) is 5.17. The molecule has 6 heteroatoms. The number of ether oxygens (including phenoxy) is 1. The molecular formula is C22H22FN3O2. The second kappa shape index (κ2) is 8.35. The van der Waals surface area contributed by atoms with Crippen LogP contribution in [-0.2, 0) is 4.74 Å². The molecule has 1 amide bonds. The molecule has 2 aromatic heterocycles. The molecule has 3 aromatic rings. The van der Waals surface area contributed by atoms with Gasteiger partial charge in [-0.3, -0.25) is 9.78 Å². The molecule has 0 spiro atoms. The van der Waals surface area contributed by atoms with Gasteiger partial charge in [0, 0.05) is 31.8 Å². The van der Waals surface area contributed by atoms with Crippen molar-refractivity contribution in [3.8, 4) is 11.1 Å². The van der Waals surface area contributed by atoms with Crippen LogP contribution >= 0.6 is 0 Å². The number of amides is 1. The van der Waals surface area contributed by atoms with Crippen LogP contribution < -0.4 is 5.32 Å². The molecule has 144 valence electrons. The Hall–Kier alpha value is -2.99. The van der Waals surface area contributed by atoms with Gasteiger partial charge in [-0.2, -0.15) is 0 Å². The molecule has 0 aliphatic carbocycles. The van der Waals surface area contributed by atoms with E-state index in [2.05, 4.69) is 15.3 Å². The number of aromatic amines is 1. The molecule has 1 unspecified atom stereocenters. The number of halogens is 1. The number of hydrogen-bond acceptors (Lipinski definition) is 3. The Morgan fingerprint density at radius 3 is 2.68 bits per heavy atom. The first kappa shape index (κ1) is 18.4. The molecule has 1 aliphatic heterocycles. The van der Waals surface area contributed by atoms with E-state index >= 15 is 0 Å². The van der Waals surface area contributed by atoms with Crippen molar-refractivity contribution in [2.45, 2.75) is 18.9 Å². The molecule has 28 heavy (non-hydrogen) atoms. The molecule has 1 aromatic carbocycles. The second-order valence-electron chi connectivity index (χ2n) is 7.00. The molecule has 5 nitrogen and oxygen atoms in total. The quantitative estimate of drug-likeness (QED) is 0.701.